The van der Waals surface area contributed by atoms with Gasteiger partial charge in [0.2, 0.25) is 0 Å². The van der Waals surface area contributed by atoms with E-state index >= 15 is 0 Å². The highest BCUT2D eigenvalue weighted by atomic mass is 16.4. The molecule has 1 aromatic rings. The minimum Gasteiger partial charge on any atom is -0.872 e. The van der Waals surface area contributed by atoms with Gasteiger partial charge in [0.15, 0.2) is 0 Å². The van der Waals surface area contributed by atoms with Gasteiger partial charge in [-0.25, -0.2) is 4.79 Å². The van der Waals surface area contributed by atoms with E-state index in [0.29, 0.717) is 0 Å². The van der Waals surface area contributed by atoms with E-state index in [4.69, 9.17) is 5.11 Å². The van der Waals surface area contributed by atoms with Crippen LogP contribution < -0.4 is 5.11 Å². The number of carboxylic acid groups (broad SMARTS) is 1. The number of para-hydroxylation sites is 1. The number of hydrogen-bond donors (Lipinski definition) is 1. The molecule has 0 aliphatic heterocycles. The third-order valence-corrected chi connectivity index (χ3v) is 4.80. The number of nitrogens with zero attached hydrogens (tertiary/aromatic N) is 1. The summed E-state index contributed by atoms with van der Waals surface area (Å²) in [5.74, 6) is -1.62. The van der Waals surface area contributed by atoms with Gasteiger partial charge in [-0.05, 0) is 18.9 Å². The Balaban J connectivity index is 0. The molecule has 1 aromatic carbocycles. The molecule has 0 amide bonds. The molecule has 29 heavy (non-hydrogen) atoms. The van der Waals surface area contributed by atoms with Crippen LogP contribution in [0.4, 0.5) is 0 Å². The van der Waals surface area contributed by atoms with Gasteiger partial charge in [-0.2, -0.15) is 0 Å². The monoisotopic (exact) mass is 411 g/mol. The van der Waals surface area contributed by atoms with E-state index in [1.807, 2.05) is 0 Å². The Hall–Kier alpha value is -1.59. The average molecular weight is 412 g/mol. The lowest BCUT2D eigenvalue weighted by Gasteiger charge is -2.23. The van der Waals surface area contributed by atoms with Crippen molar-refractivity contribution in [3.63, 3.8) is 0 Å². The van der Waals surface area contributed by atoms with E-state index in [1.165, 1.54) is 108 Å². The molecule has 3 N–H and O–H groups in total. The van der Waals surface area contributed by atoms with Crippen molar-refractivity contribution in [1.82, 2.24) is 0 Å². The summed E-state index contributed by atoms with van der Waals surface area (Å²) in [5.41, 5.74) is -0.178. The summed E-state index contributed by atoms with van der Waals surface area (Å²) in [7, 11) is 6.87. The summed E-state index contributed by atoms with van der Waals surface area (Å²) in [6.45, 7) is 3.62. The van der Waals surface area contributed by atoms with Gasteiger partial charge in [-0.3, -0.25) is 0 Å². The standard InChI is InChI=1S/C17H38N.C7H6O3.H2O/c1-5-6-7-8-9-10-11-12-13-14-15-16-17-18(2,3)4;8-6-4-2-1-3-5(6)7(9)10;/h5-17H2,1-4H3;1-4,8H,(H,9,10);1H2/q+1;;/p-1. The average Bonchev–Trinajstić information content (AvgIpc) is 2.62. The molecule has 0 spiro atoms. The summed E-state index contributed by atoms with van der Waals surface area (Å²) in [4.78, 5) is 10.2. The number of aromatic carboxylic acids is 1. The van der Waals surface area contributed by atoms with Crippen LogP contribution in [0, 0.1) is 0 Å². The molecule has 0 aliphatic carbocycles. The summed E-state index contributed by atoms with van der Waals surface area (Å²) in [6, 6.07) is 5.54. The second-order valence-corrected chi connectivity index (χ2v) is 8.70. The fourth-order valence-electron chi connectivity index (χ4n) is 3.07. The van der Waals surface area contributed by atoms with E-state index < -0.39 is 11.7 Å². The van der Waals surface area contributed by atoms with Gasteiger partial charge < -0.3 is 20.2 Å². The lowest BCUT2D eigenvalue weighted by molar-refractivity contribution is -0.870. The zero-order valence-corrected chi connectivity index (χ0v) is 19.2. The van der Waals surface area contributed by atoms with Crippen molar-refractivity contribution in [3.8, 4) is 5.75 Å². The van der Waals surface area contributed by atoms with Crippen LogP contribution in [0.2, 0.25) is 0 Å². The van der Waals surface area contributed by atoms with Crippen molar-refractivity contribution in [3.05, 3.63) is 29.8 Å². The number of benzene rings is 1. The summed E-state index contributed by atoms with van der Waals surface area (Å²) < 4.78 is 1.12. The molecule has 1 rings (SSSR count). The van der Waals surface area contributed by atoms with Gasteiger partial charge in [-0.15, -0.1) is 0 Å². The predicted molar refractivity (Wildman–Crippen MR) is 120 cm³/mol. The molecular weight excluding hydrogens is 366 g/mol. The van der Waals surface area contributed by atoms with Crippen LogP contribution in [0.1, 0.15) is 94.3 Å². The summed E-state index contributed by atoms with van der Waals surface area (Å²) in [5, 5.41) is 19.0. The maximum atomic E-state index is 10.7. The van der Waals surface area contributed by atoms with Crippen molar-refractivity contribution in [2.45, 2.75) is 84.0 Å². The first-order chi connectivity index (χ1) is 13.3. The second-order valence-electron chi connectivity index (χ2n) is 8.70. The van der Waals surface area contributed by atoms with Crippen LogP contribution in [0.25, 0.3) is 0 Å². The number of hydrogen-bond acceptors (Lipinski definition) is 2. The maximum absolute atomic E-state index is 10.7. The molecule has 5 heteroatoms. The minimum atomic E-state index is -1.18. The van der Waals surface area contributed by atoms with Gasteiger partial charge >= 0.3 is 5.97 Å². The zero-order chi connectivity index (χ0) is 21.3. The smallest absolute Gasteiger partial charge is 0.335 e. The van der Waals surface area contributed by atoms with Crippen molar-refractivity contribution < 1.29 is 25.0 Å². The molecule has 0 saturated heterocycles. The van der Waals surface area contributed by atoms with Crippen LogP contribution >= 0.6 is 0 Å². The molecule has 0 bridgehead atoms. The van der Waals surface area contributed by atoms with Crippen LogP contribution in [0.15, 0.2) is 24.3 Å². The first kappa shape index (κ1) is 29.6. The van der Waals surface area contributed by atoms with Gasteiger partial charge in [0, 0.05) is 0 Å². The number of unbranched alkanes of at least 4 members (excludes halogenated alkanes) is 11. The first-order valence-corrected chi connectivity index (χ1v) is 11.1. The number of carbonyl (C=O) groups is 1. The Labute approximate surface area is 178 Å². The van der Waals surface area contributed by atoms with E-state index in [0.717, 1.165) is 4.48 Å². The van der Waals surface area contributed by atoms with Crippen LogP contribution in [-0.4, -0.2) is 48.7 Å². The molecule has 0 aliphatic rings. The summed E-state index contributed by atoms with van der Waals surface area (Å²) >= 11 is 0. The fraction of sp³-hybridized carbons (Fsp3) is 0.708. The van der Waals surface area contributed by atoms with Gasteiger partial charge in [0.25, 0.3) is 0 Å². The highest BCUT2D eigenvalue weighted by molar-refractivity contribution is 5.90. The van der Waals surface area contributed by atoms with Crippen LogP contribution in [0.5, 0.6) is 5.75 Å². The molecule has 0 atom stereocenters. The second kappa shape index (κ2) is 18.4. The van der Waals surface area contributed by atoms with Gasteiger partial charge in [0.1, 0.15) is 0 Å². The first-order valence-electron chi connectivity index (χ1n) is 11.1. The molecule has 0 radical (unpaired) electrons. The highest BCUT2D eigenvalue weighted by Crippen LogP contribution is 2.12. The third kappa shape index (κ3) is 19.5. The number of carboxylic acids is 1. The molecule has 0 aromatic heterocycles. The van der Waals surface area contributed by atoms with Crippen LogP contribution in [-0.2, 0) is 0 Å². The van der Waals surface area contributed by atoms with Gasteiger partial charge in [0.05, 0.1) is 33.3 Å². The fourth-order valence-corrected chi connectivity index (χ4v) is 3.07. The van der Waals surface area contributed by atoms with E-state index in [-0.39, 0.29) is 11.0 Å². The minimum absolute atomic E-state index is 0. The molecular formula is C24H45NO4. The van der Waals surface area contributed by atoms with Crippen molar-refractivity contribution in [2.75, 3.05) is 27.7 Å². The number of quaternary nitrogens is 1. The Kier molecular flexibility index (Phi) is 18.8. The third-order valence-electron chi connectivity index (χ3n) is 4.80. The Morgan fingerprint density at radius 2 is 1.24 bits per heavy atom. The Morgan fingerprint density at radius 3 is 1.59 bits per heavy atom. The Bertz CT molecular complexity index is 512. The Morgan fingerprint density at radius 1 is 0.828 bits per heavy atom. The summed E-state index contributed by atoms with van der Waals surface area (Å²) in [6.07, 6.45) is 17.4. The van der Waals surface area contributed by atoms with E-state index in [1.54, 1.807) is 0 Å². The topological polar surface area (TPSA) is 91.9 Å². The molecule has 0 unspecified atom stereocenters. The molecule has 170 valence electrons. The van der Waals surface area contributed by atoms with Crippen molar-refractivity contribution in [1.29, 1.82) is 0 Å². The lowest BCUT2D eigenvalue weighted by atomic mass is 10.1. The molecule has 0 saturated carbocycles. The van der Waals surface area contributed by atoms with E-state index in [9.17, 15) is 9.90 Å². The normalized spacial score (nSPS) is 10.6. The zero-order valence-electron chi connectivity index (χ0n) is 19.2. The SMILES string of the molecule is CCCCCCCCCCCCCC[N+](C)(C)C.O.O=C(O)c1ccccc1[O-]. The predicted octanol–water partition coefficient (Wildman–Crippen LogP) is 5.03. The van der Waals surface area contributed by atoms with E-state index in [2.05, 4.69) is 28.1 Å². The number of rotatable bonds is 14. The quantitative estimate of drug-likeness (QED) is 0.344. The molecule has 0 heterocycles. The van der Waals surface area contributed by atoms with Gasteiger partial charge in [-0.1, -0.05) is 95.1 Å². The van der Waals surface area contributed by atoms with Crippen LogP contribution in [0.3, 0.4) is 0 Å². The van der Waals surface area contributed by atoms with Crippen molar-refractivity contribution >= 4 is 5.97 Å². The molecule has 5 nitrogen and oxygen atoms in total. The van der Waals surface area contributed by atoms with Crippen molar-refractivity contribution in [2.24, 2.45) is 0 Å². The highest BCUT2D eigenvalue weighted by Gasteiger charge is 2.05. The lowest BCUT2D eigenvalue weighted by Crippen LogP contribution is -2.35. The molecule has 0 fully saturated rings. The largest absolute Gasteiger partial charge is 0.872 e. The maximum Gasteiger partial charge on any atom is 0.335 e.